The molecule has 18 nitrogen and oxygen atoms in total. The fourth-order valence-corrected chi connectivity index (χ4v) is 12.0. The van der Waals surface area contributed by atoms with Gasteiger partial charge in [-0.2, -0.15) is 0 Å². The minimum atomic E-state index is -2.49. The SMILES string of the molecule is CC/C=C\C/C=C\C/C=C\C/C=C\C/C=C\CCCC(=O)O[C@@H](C(=O)O[C@H]1C[C@@]2(O)C(OC(=O)c3ccccc3OC)C3[C@](C)(C(=O)[C@H](OC(=O)CC)C(=C1C)C2(C)C)[C@@H](O)C[C@H]1OC[C@@]31OC(C)=O)[C@H](CC(C)C)NC(=O)OC(C)(C)C. The maximum absolute atomic E-state index is 16.0. The van der Waals surface area contributed by atoms with Crippen LogP contribution in [0.5, 0.6) is 5.75 Å². The van der Waals surface area contributed by atoms with E-state index < -0.39 is 124 Å². The Labute approximate surface area is 490 Å². The lowest BCUT2D eigenvalue weighted by Crippen LogP contribution is -2.82. The molecule has 4 aliphatic rings. The summed E-state index contributed by atoms with van der Waals surface area (Å²) in [5.41, 5.74) is -9.11. The van der Waals surface area contributed by atoms with Gasteiger partial charge in [0.15, 0.2) is 17.5 Å². The number of benzene rings is 1. The summed E-state index contributed by atoms with van der Waals surface area (Å²) in [5, 5.41) is 29.2. The van der Waals surface area contributed by atoms with Crippen molar-refractivity contribution in [1.29, 1.82) is 0 Å². The van der Waals surface area contributed by atoms with Crippen LogP contribution in [0, 0.1) is 22.7 Å². The molecule has 0 aromatic heterocycles. The molecular formula is C65H91NO17. The van der Waals surface area contributed by atoms with Crippen molar-refractivity contribution in [1.82, 2.24) is 5.32 Å². The molecular weight excluding hydrogens is 1070 g/mol. The van der Waals surface area contributed by atoms with Crippen LogP contribution in [0.2, 0.25) is 0 Å². The lowest BCUT2D eigenvalue weighted by molar-refractivity contribution is -0.346. The van der Waals surface area contributed by atoms with E-state index in [9.17, 15) is 34.2 Å². The lowest BCUT2D eigenvalue weighted by atomic mass is 9.44. The number of aliphatic hydroxyl groups excluding tert-OH is 1. The van der Waals surface area contributed by atoms with Crippen molar-refractivity contribution < 1.29 is 81.7 Å². The third kappa shape index (κ3) is 16.1. The van der Waals surface area contributed by atoms with E-state index in [2.05, 4.69) is 60.8 Å². The molecule has 1 aliphatic heterocycles. The van der Waals surface area contributed by atoms with E-state index in [0.29, 0.717) is 19.3 Å². The van der Waals surface area contributed by atoms with Crippen LogP contribution in [0.3, 0.4) is 0 Å². The Balaban J connectivity index is 1.56. The van der Waals surface area contributed by atoms with Gasteiger partial charge in [-0.3, -0.25) is 19.2 Å². The number of esters is 5. The number of rotatable bonds is 26. The summed E-state index contributed by atoms with van der Waals surface area (Å²) in [6.45, 7) is 19.2. The first-order valence-electron chi connectivity index (χ1n) is 29.3. The van der Waals surface area contributed by atoms with E-state index in [-0.39, 0.29) is 60.7 Å². The van der Waals surface area contributed by atoms with Crippen molar-refractivity contribution in [3.8, 4) is 5.75 Å². The number of fused-ring (bicyclic) bond motifs is 5. The Morgan fingerprint density at radius 3 is 2.00 bits per heavy atom. The van der Waals surface area contributed by atoms with E-state index in [1.165, 1.54) is 33.1 Å². The topological polar surface area (TPSA) is 246 Å². The minimum Gasteiger partial charge on any atom is -0.496 e. The van der Waals surface area contributed by atoms with Crippen LogP contribution in [0.25, 0.3) is 0 Å². The third-order valence-electron chi connectivity index (χ3n) is 16.2. The molecule has 3 fully saturated rings. The van der Waals surface area contributed by atoms with Crippen molar-refractivity contribution in [2.75, 3.05) is 13.7 Å². The molecule has 1 aromatic carbocycles. The molecule has 2 saturated carbocycles. The van der Waals surface area contributed by atoms with Crippen molar-refractivity contribution in [3.05, 3.63) is 102 Å². The number of methoxy groups -OCH3 is 1. The Bertz CT molecular complexity index is 2660. The maximum atomic E-state index is 16.0. The highest BCUT2D eigenvalue weighted by atomic mass is 16.6. The number of alkyl carbamates (subject to hydrolysis) is 1. The molecule has 2 bridgehead atoms. The number of unbranched alkanes of at least 4 members (excludes halogenated alkanes) is 1. The van der Waals surface area contributed by atoms with E-state index in [1.54, 1.807) is 53.7 Å². The number of carbonyl (C=O) groups is 7. The highest BCUT2D eigenvalue weighted by Gasteiger charge is 2.78. The van der Waals surface area contributed by atoms with Gasteiger partial charge in [-0.15, -0.1) is 0 Å². The number of ketones is 1. The second-order valence-electron chi connectivity index (χ2n) is 24.1. The van der Waals surface area contributed by atoms with Gasteiger partial charge in [0.2, 0.25) is 6.10 Å². The number of para-hydroxylation sites is 1. The van der Waals surface area contributed by atoms with Gasteiger partial charge in [0.25, 0.3) is 0 Å². The maximum Gasteiger partial charge on any atom is 0.408 e. The first-order chi connectivity index (χ1) is 39.1. The zero-order valence-electron chi connectivity index (χ0n) is 51.0. The van der Waals surface area contributed by atoms with E-state index in [0.717, 1.165) is 32.6 Å². The standard InChI is InChI=1S/C65H91NO17/c1-14-16-17-18-19-20-21-22-23-24-25-26-27-28-29-30-31-36-51(70)80-53(45(37-41(3)4)66-60(74)83-61(7,8)9)59(73)78-47-39-65(75)57(81-58(72)44-34-32-33-35-46(44)76-13)55-63(12,48(68)38-49-64(55,40-77-49)82-43(6)67)56(71)54(79-50(69)15-2)52(42(47)5)62(65,10)11/h16-17,19-20,22-23,25-26,28-29,32-35,41,45,47-49,53-55,57,68,75H,14-15,18,21,24,27,30-31,36-40H2,1-13H3,(H,66,74)/b17-16-,20-19-,23-22-,26-25-,29-28-/t45-,47-,48-,49+,53+,54+,55?,57?,63+,64-,65+/m0/s1. The molecule has 458 valence electrons. The van der Waals surface area contributed by atoms with Gasteiger partial charge in [0.1, 0.15) is 40.8 Å². The van der Waals surface area contributed by atoms with Gasteiger partial charge in [-0.25, -0.2) is 14.4 Å². The van der Waals surface area contributed by atoms with Gasteiger partial charge in [-0.05, 0) is 115 Å². The largest absolute Gasteiger partial charge is 0.496 e. The smallest absolute Gasteiger partial charge is 0.408 e. The number of amides is 1. The third-order valence-corrected chi connectivity index (χ3v) is 16.2. The highest BCUT2D eigenvalue weighted by Crippen LogP contribution is 2.64. The van der Waals surface area contributed by atoms with Gasteiger partial charge >= 0.3 is 35.9 Å². The predicted octanol–water partition coefficient (Wildman–Crippen LogP) is 10.4. The molecule has 1 aromatic rings. The summed E-state index contributed by atoms with van der Waals surface area (Å²) in [7, 11) is 1.35. The summed E-state index contributed by atoms with van der Waals surface area (Å²) >= 11 is 0. The van der Waals surface area contributed by atoms with Crippen LogP contribution in [-0.2, 0) is 57.1 Å². The quantitative estimate of drug-likeness (QED) is 0.0338. The van der Waals surface area contributed by atoms with Crippen LogP contribution in [0.4, 0.5) is 4.79 Å². The number of hydrogen-bond donors (Lipinski definition) is 3. The Morgan fingerprint density at radius 1 is 0.855 bits per heavy atom. The summed E-state index contributed by atoms with van der Waals surface area (Å²) < 4.78 is 48.5. The lowest BCUT2D eigenvalue weighted by Gasteiger charge is -2.67. The molecule has 3 aliphatic carbocycles. The van der Waals surface area contributed by atoms with E-state index in [4.69, 9.17) is 37.9 Å². The van der Waals surface area contributed by atoms with Crippen molar-refractivity contribution >= 4 is 41.7 Å². The van der Waals surface area contributed by atoms with Crippen LogP contribution in [-0.4, -0.2) is 125 Å². The first-order valence-corrected chi connectivity index (χ1v) is 29.3. The van der Waals surface area contributed by atoms with Gasteiger partial charge in [-0.1, -0.05) is 114 Å². The molecule has 5 rings (SSSR count). The van der Waals surface area contributed by atoms with Crippen LogP contribution in [0.15, 0.2) is 96.2 Å². The molecule has 1 amide bonds. The second kappa shape index (κ2) is 29.4. The first kappa shape index (κ1) is 67.4. The van der Waals surface area contributed by atoms with Crippen LogP contribution < -0.4 is 10.1 Å². The Hall–Kier alpha value is -6.37. The molecule has 0 spiro atoms. The Morgan fingerprint density at radius 2 is 1.46 bits per heavy atom. The molecule has 83 heavy (non-hydrogen) atoms. The summed E-state index contributed by atoms with van der Waals surface area (Å²) in [5.74, 6) is -7.20. The normalized spacial score (nSPS) is 27.5. The average molecular weight is 1160 g/mol. The molecule has 1 heterocycles. The van der Waals surface area contributed by atoms with E-state index in [1.807, 2.05) is 26.0 Å². The van der Waals surface area contributed by atoms with Crippen LogP contribution >= 0.6 is 0 Å². The number of carbonyl (C=O) groups excluding carboxylic acids is 7. The fraction of sp³-hybridized carbons (Fsp3) is 0.615. The molecule has 11 atom stereocenters. The summed E-state index contributed by atoms with van der Waals surface area (Å²) in [6, 6.07) is 4.92. The van der Waals surface area contributed by atoms with E-state index >= 15 is 9.59 Å². The van der Waals surface area contributed by atoms with Crippen LogP contribution in [0.1, 0.15) is 170 Å². The number of nitrogens with one attached hydrogen (secondary N) is 1. The zero-order chi connectivity index (χ0) is 61.5. The van der Waals surface area contributed by atoms with Gasteiger partial charge in [0.05, 0.1) is 37.2 Å². The summed E-state index contributed by atoms with van der Waals surface area (Å²) in [4.78, 5) is 100. The monoisotopic (exact) mass is 1160 g/mol. The minimum absolute atomic E-state index is 0.0243. The second-order valence-corrected chi connectivity index (χ2v) is 24.1. The molecule has 3 N–H and O–H groups in total. The molecule has 0 radical (unpaired) electrons. The summed E-state index contributed by atoms with van der Waals surface area (Å²) in [6.07, 6.45) is 14.3. The molecule has 18 heteroatoms. The van der Waals surface area contributed by atoms with Crippen molar-refractivity contribution in [2.24, 2.45) is 22.7 Å². The van der Waals surface area contributed by atoms with Crippen molar-refractivity contribution in [3.63, 3.8) is 0 Å². The zero-order valence-corrected chi connectivity index (χ0v) is 51.0. The number of ether oxygens (including phenoxy) is 8. The van der Waals surface area contributed by atoms with Crippen molar-refractivity contribution in [2.45, 2.75) is 220 Å². The fourth-order valence-electron chi connectivity index (χ4n) is 12.0. The number of hydrogen-bond acceptors (Lipinski definition) is 17. The molecule has 2 unspecified atom stereocenters. The Kier molecular flexibility index (Phi) is 23.9. The van der Waals surface area contributed by atoms with Gasteiger partial charge < -0.3 is 53.4 Å². The average Bonchev–Trinajstić information content (AvgIpc) is 0.700. The number of Topliss-reactive ketones (excluding diaryl/α,β-unsaturated/α-hetero) is 1. The van der Waals surface area contributed by atoms with Gasteiger partial charge in [0, 0.05) is 38.0 Å². The highest BCUT2D eigenvalue weighted by molar-refractivity contribution is 5.96. The molecule has 1 saturated heterocycles. The number of aliphatic hydroxyl groups is 2. The predicted molar refractivity (Wildman–Crippen MR) is 311 cm³/mol. The number of allylic oxidation sites excluding steroid dienone is 10.